The van der Waals surface area contributed by atoms with Crippen molar-refractivity contribution >= 4 is 11.6 Å². The van der Waals surface area contributed by atoms with Gasteiger partial charge in [0.1, 0.15) is 31.9 Å². The fourth-order valence-electron chi connectivity index (χ4n) is 2.32. The van der Waals surface area contributed by atoms with Gasteiger partial charge in [0.15, 0.2) is 0 Å². The second kappa shape index (κ2) is 10.1. The van der Waals surface area contributed by atoms with Gasteiger partial charge in [0.25, 0.3) is 0 Å². The predicted octanol–water partition coefficient (Wildman–Crippen LogP) is 3.93. The Morgan fingerprint density at radius 1 is 1.18 bits per heavy atom. The van der Waals surface area contributed by atoms with Crippen LogP contribution in [-0.4, -0.2) is 44.2 Å². The maximum Gasteiger partial charge on any atom is 0.119 e. The topological polar surface area (TPSA) is 30.9 Å². The van der Waals surface area contributed by atoms with Crippen molar-refractivity contribution in [3.63, 3.8) is 0 Å². The number of halogens is 1. The number of unbranched alkanes of at least 4 members (excludes halogenated alkanes) is 3. The third-order valence-electron chi connectivity index (χ3n) is 3.65. The zero-order valence-corrected chi connectivity index (χ0v) is 14.1. The highest BCUT2D eigenvalue weighted by Gasteiger charge is 2.18. The standard InChI is InChI=1S/C17H26ClNO3/c1-2-3-4-5-10-19-13-20-11-17(22-14-19)12-21-16-8-6-15(18)7-9-16/h6-9,17H,2-5,10-14H2,1H3. The second-order valence-electron chi connectivity index (χ2n) is 5.64. The molecule has 0 saturated carbocycles. The quantitative estimate of drug-likeness (QED) is 0.677. The lowest BCUT2D eigenvalue weighted by molar-refractivity contribution is -0.0195. The number of hydrogen-bond donors (Lipinski definition) is 0. The van der Waals surface area contributed by atoms with Crippen LogP contribution in [0.4, 0.5) is 0 Å². The Kier molecular flexibility index (Phi) is 8.02. The first kappa shape index (κ1) is 17.5. The van der Waals surface area contributed by atoms with Crippen LogP contribution in [0.2, 0.25) is 5.02 Å². The van der Waals surface area contributed by atoms with E-state index in [1.165, 1.54) is 25.7 Å². The molecule has 0 N–H and O–H groups in total. The molecular weight excluding hydrogens is 302 g/mol. The normalized spacial score (nSPS) is 19.8. The summed E-state index contributed by atoms with van der Waals surface area (Å²) in [5, 5.41) is 0.708. The van der Waals surface area contributed by atoms with Crippen LogP contribution in [0.1, 0.15) is 32.6 Å². The van der Waals surface area contributed by atoms with Crippen molar-refractivity contribution in [1.29, 1.82) is 0 Å². The number of nitrogens with zero attached hydrogens (tertiary/aromatic N) is 1. The monoisotopic (exact) mass is 327 g/mol. The van der Waals surface area contributed by atoms with Gasteiger partial charge in [-0.15, -0.1) is 0 Å². The van der Waals surface area contributed by atoms with Gasteiger partial charge in [-0.2, -0.15) is 0 Å². The van der Waals surface area contributed by atoms with Crippen molar-refractivity contribution in [3.05, 3.63) is 29.3 Å². The van der Waals surface area contributed by atoms with E-state index in [0.717, 1.165) is 12.3 Å². The number of ether oxygens (including phenoxy) is 3. The molecule has 1 heterocycles. The van der Waals surface area contributed by atoms with Crippen LogP contribution < -0.4 is 4.74 Å². The van der Waals surface area contributed by atoms with Crippen LogP contribution >= 0.6 is 11.6 Å². The largest absolute Gasteiger partial charge is 0.491 e. The first-order valence-corrected chi connectivity index (χ1v) is 8.46. The van der Waals surface area contributed by atoms with Gasteiger partial charge in [0, 0.05) is 11.6 Å². The van der Waals surface area contributed by atoms with E-state index in [1.807, 2.05) is 24.3 Å². The molecule has 0 radical (unpaired) electrons. The molecule has 1 unspecified atom stereocenters. The first-order valence-electron chi connectivity index (χ1n) is 8.08. The second-order valence-corrected chi connectivity index (χ2v) is 6.07. The van der Waals surface area contributed by atoms with Gasteiger partial charge in [-0.05, 0) is 30.7 Å². The van der Waals surface area contributed by atoms with E-state index in [2.05, 4.69) is 11.8 Å². The fourth-order valence-corrected chi connectivity index (χ4v) is 2.44. The van der Waals surface area contributed by atoms with E-state index >= 15 is 0 Å². The molecule has 1 aliphatic heterocycles. The minimum absolute atomic E-state index is 0.0312. The average molecular weight is 328 g/mol. The highest BCUT2D eigenvalue weighted by Crippen LogP contribution is 2.16. The Labute approximate surface area is 138 Å². The van der Waals surface area contributed by atoms with Crippen molar-refractivity contribution < 1.29 is 14.2 Å². The fraction of sp³-hybridized carbons (Fsp3) is 0.647. The van der Waals surface area contributed by atoms with Crippen LogP contribution in [0.25, 0.3) is 0 Å². The molecule has 1 fully saturated rings. The van der Waals surface area contributed by atoms with E-state index in [-0.39, 0.29) is 6.10 Å². The first-order chi connectivity index (χ1) is 10.8. The highest BCUT2D eigenvalue weighted by molar-refractivity contribution is 6.30. The third-order valence-corrected chi connectivity index (χ3v) is 3.90. The molecule has 1 aromatic carbocycles. The number of benzene rings is 1. The summed E-state index contributed by atoms with van der Waals surface area (Å²) in [6, 6.07) is 7.36. The van der Waals surface area contributed by atoms with Gasteiger partial charge in [0.05, 0.1) is 6.61 Å². The molecule has 22 heavy (non-hydrogen) atoms. The molecule has 0 amide bonds. The molecule has 1 aliphatic rings. The van der Waals surface area contributed by atoms with Crippen molar-refractivity contribution in [2.24, 2.45) is 0 Å². The summed E-state index contributed by atoms with van der Waals surface area (Å²) < 4.78 is 17.3. The summed E-state index contributed by atoms with van der Waals surface area (Å²) in [6.45, 7) is 5.57. The molecule has 1 saturated heterocycles. The van der Waals surface area contributed by atoms with E-state index in [0.29, 0.717) is 31.7 Å². The van der Waals surface area contributed by atoms with E-state index in [9.17, 15) is 0 Å². The van der Waals surface area contributed by atoms with Crippen LogP contribution in [0.15, 0.2) is 24.3 Å². The molecule has 0 spiro atoms. The minimum Gasteiger partial charge on any atom is -0.491 e. The van der Waals surface area contributed by atoms with Crippen molar-refractivity contribution in [1.82, 2.24) is 4.90 Å². The van der Waals surface area contributed by atoms with Crippen molar-refractivity contribution in [3.8, 4) is 5.75 Å². The Morgan fingerprint density at radius 2 is 2.00 bits per heavy atom. The van der Waals surface area contributed by atoms with Gasteiger partial charge in [-0.1, -0.05) is 37.8 Å². The zero-order chi connectivity index (χ0) is 15.6. The smallest absolute Gasteiger partial charge is 0.119 e. The summed E-state index contributed by atoms with van der Waals surface area (Å²) in [6.07, 6.45) is 5.00. The van der Waals surface area contributed by atoms with E-state index in [4.69, 9.17) is 25.8 Å². The van der Waals surface area contributed by atoms with Gasteiger partial charge < -0.3 is 14.2 Å². The Morgan fingerprint density at radius 3 is 2.77 bits per heavy atom. The van der Waals surface area contributed by atoms with Gasteiger partial charge >= 0.3 is 0 Å². The van der Waals surface area contributed by atoms with Crippen LogP contribution in [0.5, 0.6) is 5.75 Å². The van der Waals surface area contributed by atoms with E-state index < -0.39 is 0 Å². The summed E-state index contributed by atoms with van der Waals surface area (Å²) in [5.74, 6) is 0.800. The molecule has 0 bridgehead atoms. The maximum atomic E-state index is 5.87. The van der Waals surface area contributed by atoms with Gasteiger partial charge in [-0.3, -0.25) is 4.90 Å². The Balaban J connectivity index is 1.65. The molecule has 4 nitrogen and oxygen atoms in total. The Bertz CT molecular complexity index is 413. The van der Waals surface area contributed by atoms with Crippen LogP contribution in [-0.2, 0) is 9.47 Å². The Hall–Kier alpha value is -0.810. The molecule has 124 valence electrons. The van der Waals surface area contributed by atoms with Gasteiger partial charge in [0.2, 0.25) is 0 Å². The number of rotatable bonds is 8. The molecule has 2 rings (SSSR count). The lowest BCUT2D eigenvalue weighted by Crippen LogP contribution is -2.29. The summed E-state index contributed by atoms with van der Waals surface area (Å²) in [5.41, 5.74) is 0. The molecule has 1 aromatic rings. The predicted molar refractivity (Wildman–Crippen MR) is 88.4 cm³/mol. The maximum absolute atomic E-state index is 5.87. The lowest BCUT2D eigenvalue weighted by atomic mass is 10.2. The van der Waals surface area contributed by atoms with Crippen LogP contribution in [0, 0.1) is 0 Å². The summed E-state index contributed by atoms with van der Waals surface area (Å²) in [4.78, 5) is 2.21. The van der Waals surface area contributed by atoms with Gasteiger partial charge in [-0.25, -0.2) is 0 Å². The average Bonchev–Trinajstić information content (AvgIpc) is 2.76. The molecule has 1 atom stereocenters. The highest BCUT2D eigenvalue weighted by atomic mass is 35.5. The zero-order valence-electron chi connectivity index (χ0n) is 13.3. The van der Waals surface area contributed by atoms with E-state index in [1.54, 1.807) is 0 Å². The summed E-state index contributed by atoms with van der Waals surface area (Å²) >= 11 is 5.85. The SMILES string of the molecule is CCCCCCN1COCC(COc2ccc(Cl)cc2)OC1. The van der Waals surface area contributed by atoms with Crippen molar-refractivity contribution in [2.45, 2.75) is 38.7 Å². The van der Waals surface area contributed by atoms with Crippen LogP contribution in [0.3, 0.4) is 0 Å². The minimum atomic E-state index is -0.0312. The van der Waals surface area contributed by atoms with Crippen molar-refractivity contribution in [2.75, 3.05) is 33.2 Å². The molecule has 0 aliphatic carbocycles. The lowest BCUT2D eigenvalue weighted by Gasteiger charge is -2.19. The molecular formula is C17H26ClNO3. The molecule has 0 aromatic heterocycles. The summed E-state index contributed by atoms with van der Waals surface area (Å²) in [7, 11) is 0. The third kappa shape index (κ3) is 6.53. The molecule has 5 heteroatoms. The number of hydrogen-bond acceptors (Lipinski definition) is 4.